The van der Waals surface area contributed by atoms with Crippen molar-refractivity contribution in [2.75, 3.05) is 0 Å². The van der Waals surface area contributed by atoms with Gasteiger partial charge in [-0.3, -0.25) is 10.1 Å². The predicted molar refractivity (Wildman–Crippen MR) is 102 cm³/mol. The number of benzene rings is 1. The number of pyridine rings is 1. The molecule has 4 rings (SSSR count). The first-order valence-corrected chi connectivity index (χ1v) is 8.82. The fraction of sp³-hybridized carbons (Fsp3) is 0.111. The first-order chi connectivity index (χ1) is 14.6. The summed E-state index contributed by atoms with van der Waals surface area (Å²) in [6.45, 7) is 1.44. The average Bonchev–Trinajstić information content (AvgIpc) is 3.14. The van der Waals surface area contributed by atoms with Crippen LogP contribution < -0.4 is 5.63 Å². The number of nitrogens with zero attached hydrogens (tertiary/aromatic N) is 5. The molecule has 0 N–H and O–H groups in total. The van der Waals surface area contributed by atoms with Crippen LogP contribution in [-0.4, -0.2) is 24.7 Å². The van der Waals surface area contributed by atoms with Crippen molar-refractivity contribution in [3.05, 3.63) is 73.5 Å². The van der Waals surface area contributed by atoms with E-state index >= 15 is 0 Å². The van der Waals surface area contributed by atoms with Crippen LogP contribution in [0.4, 0.5) is 18.9 Å². The van der Waals surface area contributed by atoms with Gasteiger partial charge in [0, 0.05) is 24.5 Å². The summed E-state index contributed by atoms with van der Waals surface area (Å²) in [5.41, 5.74) is -3.26. The van der Waals surface area contributed by atoms with Crippen molar-refractivity contribution in [3.8, 4) is 17.3 Å². The molecule has 0 amide bonds. The number of fused-ring (bicyclic) bond motifs is 1. The normalized spacial score (nSPS) is 11.8. The maximum atomic E-state index is 13.6. The molecule has 0 fully saturated rings. The zero-order chi connectivity index (χ0) is 22.5. The minimum absolute atomic E-state index is 0.0337. The van der Waals surface area contributed by atoms with Crippen molar-refractivity contribution in [2.45, 2.75) is 13.1 Å². The van der Waals surface area contributed by atoms with E-state index in [1.807, 2.05) is 0 Å². The van der Waals surface area contributed by atoms with Gasteiger partial charge in [-0.25, -0.2) is 19.4 Å². The van der Waals surface area contributed by atoms with Crippen LogP contribution in [0.1, 0.15) is 11.3 Å². The Kier molecular flexibility index (Phi) is 4.73. The fourth-order valence-electron chi connectivity index (χ4n) is 2.95. The maximum absolute atomic E-state index is 13.6. The van der Waals surface area contributed by atoms with Crippen molar-refractivity contribution in [3.63, 3.8) is 0 Å². The smallest absolute Gasteiger partial charge is 0.403 e. The number of hydrogen-bond acceptors (Lipinski definition) is 7. The molecule has 0 unspecified atom stereocenters. The first-order valence-electron chi connectivity index (χ1n) is 8.44. The minimum Gasteiger partial charge on any atom is -0.403 e. The third kappa shape index (κ3) is 3.61. The Morgan fingerprint density at radius 2 is 2.03 bits per heavy atom. The summed E-state index contributed by atoms with van der Waals surface area (Å²) in [6.07, 6.45) is -2.66. The molecule has 3 heterocycles. The Hall–Kier alpha value is -3.80. The monoisotopic (exact) mass is 451 g/mol. The molecule has 0 aliphatic heterocycles. The number of aryl methyl sites for hydroxylation is 1. The SMILES string of the molecule is Cc1cc([N+](=O)[O-])cc2c(=O)oc(-c3cn(-c4ncccc4Cl)nc3C(F)(F)F)nc12. The van der Waals surface area contributed by atoms with Gasteiger partial charge in [-0.2, -0.15) is 18.3 Å². The first kappa shape index (κ1) is 20.5. The molecule has 3 aromatic heterocycles. The highest BCUT2D eigenvalue weighted by Gasteiger charge is 2.39. The lowest BCUT2D eigenvalue weighted by Crippen LogP contribution is -2.10. The molecule has 0 radical (unpaired) electrons. The molecule has 0 saturated heterocycles. The molecule has 158 valence electrons. The Balaban J connectivity index is 1.98. The second-order valence-electron chi connectivity index (χ2n) is 6.36. The van der Waals surface area contributed by atoms with E-state index in [9.17, 15) is 28.1 Å². The number of alkyl halides is 3. The van der Waals surface area contributed by atoms with Crippen molar-refractivity contribution in [1.29, 1.82) is 0 Å². The van der Waals surface area contributed by atoms with E-state index < -0.39 is 33.9 Å². The summed E-state index contributed by atoms with van der Waals surface area (Å²) >= 11 is 6.00. The summed E-state index contributed by atoms with van der Waals surface area (Å²) in [7, 11) is 0. The summed E-state index contributed by atoms with van der Waals surface area (Å²) in [6, 6.07) is 5.02. The zero-order valence-corrected chi connectivity index (χ0v) is 16.1. The van der Waals surface area contributed by atoms with Gasteiger partial charge < -0.3 is 4.42 Å². The molecule has 13 heteroatoms. The lowest BCUT2D eigenvalue weighted by molar-refractivity contribution is -0.384. The molecule has 31 heavy (non-hydrogen) atoms. The third-order valence-electron chi connectivity index (χ3n) is 4.29. The molecule has 0 atom stereocenters. The van der Waals surface area contributed by atoms with Gasteiger partial charge in [0.25, 0.3) is 5.69 Å². The summed E-state index contributed by atoms with van der Waals surface area (Å²) in [4.78, 5) is 30.7. The zero-order valence-electron chi connectivity index (χ0n) is 15.3. The lowest BCUT2D eigenvalue weighted by Gasteiger charge is -2.06. The number of halogens is 4. The molecule has 0 saturated carbocycles. The van der Waals surface area contributed by atoms with E-state index in [2.05, 4.69) is 15.1 Å². The van der Waals surface area contributed by atoms with Gasteiger partial charge in [0.05, 0.1) is 26.4 Å². The van der Waals surface area contributed by atoms with Gasteiger partial charge >= 0.3 is 11.8 Å². The van der Waals surface area contributed by atoms with Crippen LogP contribution in [0.5, 0.6) is 0 Å². The van der Waals surface area contributed by atoms with Crippen LogP contribution in [0.15, 0.2) is 45.9 Å². The molecular formula is C18H9ClF3N5O4. The van der Waals surface area contributed by atoms with Crippen molar-refractivity contribution in [1.82, 2.24) is 19.7 Å². The summed E-state index contributed by atoms with van der Waals surface area (Å²) in [5.74, 6) is -0.726. The molecule has 1 aromatic carbocycles. The Morgan fingerprint density at radius 1 is 1.29 bits per heavy atom. The van der Waals surface area contributed by atoms with E-state index in [-0.39, 0.29) is 33.0 Å². The number of nitro benzene ring substituents is 1. The maximum Gasteiger partial charge on any atom is 0.435 e. The quantitative estimate of drug-likeness (QED) is 0.336. The summed E-state index contributed by atoms with van der Waals surface area (Å²) in [5, 5.41) is 14.3. The standard InChI is InChI=1S/C18H9ClF3N5O4/c1-8-5-9(27(29)30)6-10-13(8)24-16(31-17(10)28)11-7-26(25-14(11)18(20,21)22)15-12(19)3-2-4-23-15/h2-7H,1H3. The van der Waals surface area contributed by atoms with Gasteiger partial charge in [0.15, 0.2) is 11.5 Å². The Bertz CT molecular complexity index is 1410. The third-order valence-corrected chi connectivity index (χ3v) is 4.58. The number of aromatic nitrogens is 4. The van der Waals surface area contributed by atoms with E-state index in [4.69, 9.17) is 16.0 Å². The molecule has 0 aliphatic carbocycles. The fourth-order valence-corrected chi connectivity index (χ4v) is 3.15. The van der Waals surface area contributed by atoms with Crippen LogP contribution in [-0.2, 0) is 6.18 Å². The predicted octanol–water partition coefficient (Wildman–Crippen LogP) is 4.32. The average molecular weight is 452 g/mol. The molecule has 0 bridgehead atoms. The highest BCUT2D eigenvalue weighted by molar-refractivity contribution is 6.32. The Labute approximate surface area is 174 Å². The van der Waals surface area contributed by atoms with Crippen LogP contribution >= 0.6 is 11.6 Å². The number of non-ortho nitro benzene ring substituents is 1. The second-order valence-corrected chi connectivity index (χ2v) is 6.77. The second kappa shape index (κ2) is 7.16. The van der Waals surface area contributed by atoms with E-state index in [0.717, 1.165) is 23.0 Å². The lowest BCUT2D eigenvalue weighted by atomic mass is 10.1. The topological polar surface area (TPSA) is 117 Å². The Morgan fingerprint density at radius 3 is 2.68 bits per heavy atom. The molecule has 0 aliphatic rings. The number of nitro groups is 1. The molecule has 9 nitrogen and oxygen atoms in total. The largest absolute Gasteiger partial charge is 0.435 e. The van der Waals surface area contributed by atoms with E-state index in [1.165, 1.54) is 25.3 Å². The van der Waals surface area contributed by atoms with Crippen molar-refractivity contribution in [2.24, 2.45) is 0 Å². The highest BCUT2D eigenvalue weighted by atomic mass is 35.5. The number of rotatable bonds is 3. The van der Waals surface area contributed by atoms with Gasteiger partial charge in [-0.15, -0.1) is 0 Å². The van der Waals surface area contributed by atoms with Gasteiger partial charge in [0.2, 0.25) is 5.89 Å². The molecule has 0 spiro atoms. The van der Waals surface area contributed by atoms with Crippen molar-refractivity contribution < 1.29 is 22.5 Å². The van der Waals surface area contributed by atoms with E-state index in [1.54, 1.807) is 0 Å². The minimum atomic E-state index is -4.92. The van der Waals surface area contributed by atoms with Crippen LogP contribution in [0.3, 0.4) is 0 Å². The van der Waals surface area contributed by atoms with Crippen LogP contribution in [0, 0.1) is 17.0 Å². The molecular weight excluding hydrogens is 443 g/mol. The summed E-state index contributed by atoms with van der Waals surface area (Å²) < 4.78 is 46.7. The van der Waals surface area contributed by atoms with Gasteiger partial charge in [0.1, 0.15) is 0 Å². The molecule has 4 aromatic rings. The highest BCUT2D eigenvalue weighted by Crippen LogP contribution is 2.37. The van der Waals surface area contributed by atoms with E-state index in [0.29, 0.717) is 0 Å². The van der Waals surface area contributed by atoms with Gasteiger partial charge in [-0.1, -0.05) is 11.6 Å². The van der Waals surface area contributed by atoms with Crippen LogP contribution in [0.25, 0.3) is 28.2 Å². The number of hydrogen-bond donors (Lipinski definition) is 0. The van der Waals surface area contributed by atoms with Gasteiger partial charge in [-0.05, 0) is 24.6 Å². The van der Waals surface area contributed by atoms with Crippen molar-refractivity contribution >= 4 is 28.2 Å². The van der Waals surface area contributed by atoms with Crippen LogP contribution in [0.2, 0.25) is 5.02 Å².